The number of halogens is 1. The summed E-state index contributed by atoms with van der Waals surface area (Å²) >= 11 is 6.48. The number of hydrogen-bond acceptors (Lipinski definition) is 11. The highest BCUT2D eigenvalue weighted by Gasteiger charge is 2.28. The Morgan fingerprint density at radius 1 is 1.02 bits per heavy atom. The molecule has 2 aromatic carbocycles. The number of benzene rings is 2. The van der Waals surface area contributed by atoms with Crippen molar-refractivity contribution >= 4 is 56.1 Å². The summed E-state index contributed by atoms with van der Waals surface area (Å²) in [4.78, 5) is 14.1. The molecule has 3 aliphatic rings. The van der Waals surface area contributed by atoms with E-state index in [0.29, 0.717) is 35.5 Å². The van der Waals surface area contributed by atoms with Crippen molar-refractivity contribution in [2.24, 2.45) is 0 Å². The van der Waals surface area contributed by atoms with Crippen LogP contribution in [0.5, 0.6) is 17.2 Å². The average Bonchev–Trinajstić information content (AvgIpc) is 3.55. The van der Waals surface area contributed by atoms with Gasteiger partial charge < -0.3 is 34.6 Å². The lowest BCUT2D eigenvalue weighted by molar-refractivity contribution is 0.173. The minimum atomic E-state index is -3.64. The Kier molecular flexibility index (Phi) is 8.79. The van der Waals surface area contributed by atoms with E-state index in [2.05, 4.69) is 48.1 Å². The lowest BCUT2D eigenvalue weighted by Crippen LogP contribution is -2.44. The van der Waals surface area contributed by atoms with E-state index >= 15 is 0 Å². The molecular formula is C30H38ClN7O5S. The Balaban J connectivity index is 1.22. The van der Waals surface area contributed by atoms with Gasteiger partial charge in [-0.05, 0) is 69.5 Å². The van der Waals surface area contributed by atoms with E-state index in [1.54, 1.807) is 19.2 Å². The number of nitrogens with one attached hydrogen (secondary N) is 3. The van der Waals surface area contributed by atoms with Gasteiger partial charge in [-0.1, -0.05) is 11.6 Å². The molecule has 3 aliphatic heterocycles. The number of methoxy groups -OCH3 is 1. The van der Waals surface area contributed by atoms with Crippen molar-refractivity contribution in [3.8, 4) is 17.2 Å². The van der Waals surface area contributed by atoms with Crippen LogP contribution >= 0.6 is 11.6 Å². The predicted molar refractivity (Wildman–Crippen MR) is 173 cm³/mol. The number of aromatic nitrogens is 2. The van der Waals surface area contributed by atoms with E-state index in [4.69, 9.17) is 25.8 Å². The maximum Gasteiger partial charge on any atom is 0.230 e. The maximum atomic E-state index is 12.2. The Morgan fingerprint density at radius 3 is 2.50 bits per heavy atom. The Hall–Kier alpha value is -3.68. The summed E-state index contributed by atoms with van der Waals surface area (Å²) in [5.74, 6) is 1.95. The fourth-order valence-electron chi connectivity index (χ4n) is 6.13. The number of sulfonamides is 1. The minimum absolute atomic E-state index is 0.200. The first kappa shape index (κ1) is 30.4. The molecule has 0 spiro atoms. The summed E-state index contributed by atoms with van der Waals surface area (Å²) in [5, 5.41) is 6.64. The van der Waals surface area contributed by atoms with Gasteiger partial charge in [0, 0.05) is 30.9 Å². The van der Waals surface area contributed by atoms with Crippen LogP contribution in [0.4, 0.5) is 34.5 Å². The molecule has 1 aromatic heterocycles. The quantitative estimate of drug-likeness (QED) is 0.286. The molecule has 0 amide bonds. The molecule has 0 bridgehead atoms. The summed E-state index contributed by atoms with van der Waals surface area (Å²) in [7, 11) is -1.99. The van der Waals surface area contributed by atoms with Crippen LogP contribution in [0.15, 0.2) is 30.5 Å². The highest BCUT2D eigenvalue weighted by atomic mass is 35.5. The molecule has 0 atom stereocenters. The highest BCUT2D eigenvalue weighted by molar-refractivity contribution is 7.92. The molecule has 0 unspecified atom stereocenters. The number of fused-ring (bicyclic) bond motifs is 1. The van der Waals surface area contributed by atoms with Gasteiger partial charge in [-0.3, -0.25) is 4.72 Å². The lowest BCUT2D eigenvalue weighted by atomic mass is 10.0. The number of hydrogen-bond donors (Lipinski definition) is 3. The van der Waals surface area contributed by atoms with Gasteiger partial charge in [0.2, 0.25) is 16.0 Å². The molecule has 12 nitrogen and oxygen atoms in total. The Bertz CT molecular complexity index is 1630. The van der Waals surface area contributed by atoms with E-state index in [0.717, 1.165) is 30.6 Å². The summed E-state index contributed by atoms with van der Waals surface area (Å²) in [6.45, 7) is 7.25. The monoisotopic (exact) mass is 643 g/mol. The summed E-state index contributed by atoms with van der Waals surface area (Å²) in [6, 6.07) is 8.16. The molecule has 236 valence electrons. The fourth-order valence-corrected chi connectivity index (χ4v) is 6.84. The van der Waals surface area contributed by atoms with Gasteiger partial charge in [0.05, 0.1) is 30.9 Å². The molecule has 6 rings (SSSR count). The lowest BCUT2D eigenvalue weighted by Gasteiger charge is -2.38. The van der Waals surface area contributed by atoms with Crippen molar-refractivity contribution in [3.63, 3.8) is 0 Å². The van der Waals surface area contributed by atoms with Crippen molar-refractivity contribution in [2.45, 2.75) is 38.6 Å². The number of nitrogens with zero attached hydrogens (tertiary/aromatic N) is 4. The van der Waals surface area contributed by atoms with Gasteiger partial charge in [0.25, 0.3) is 0 Å². The number of likely N-dealkylation sites (tertiary alicyclic amines) is 1. The van der Waals surface area contributed by atoms with Crippen molar-refractivity contribution in [3.05, 3.63) is 41.0 Å². The third kappa shape index (κ3) is 6.69. The van der Waals surface area contributed by atoms with Crippen molar-refractivity contribution in [1.82, 2.24) is 14.9 Å². The molecule has 2 saturated heterocycles. The zero-order chi connectivity index (χ0) is 30.8. The SMILES string of the molecule is COc1cc(N2CCC(N3CCCC3)CC2)c(C)cc1Nc1ncc(Cl)c(Nc2ccc3c(c2NS(C)(=O)=O)OCCO3)n1. The normalized spacial score (nSPS) is 17.4. The maximum absolute atomic E-state index is 12.2. The van der Waals surface area contributed by atoms with E-state index < -0.39 is 10.0 Å². The third-order valence-electron chi connectivity index (χ3n) is 8.22. The second-order valence-corrected chi connectivity index (χ2v) is 13.5. The van der Waals surface area contributed by atoms with E-state index in [1.165, 1.54) is 45.0 Å². The molecule has 4 heterocycles. The molecule has 44 heavy (non-hydrogen) atoms. The van der Waals surface area contributed by atoms with Crippen LogP contribution in [0.25, 0.3) is 0 Å². The molecule has 2 fully saturated rings. The fraction of sp³-hybridized carbons (Fsp3) is 0.467. The van der Waals surface area contributed by atoms with Crippen molar-refractivity contribution < 1.29 is 22.6 Å². The third-order valence-corrected chi connectivity index (χ3v) is 9.07. The van der Waals surface area contributed by atoms with Crippen LogP contribution in [-0.4, -0.2) is 82.1 Å². The van der Waals surface area contributed by atoms with Crippen LogP contribution in [0.2, 0.25) is 5.02 Å². The van der Waals surface area contributed by atoms with E-state index in [-0.39, 0.29) is 34.8 Å². The molecule has 0 aliphatic carbocycles. The largest absolute Gasteiger partial charge is 0.494 e. The van der Waals surface area contributed by atoms with Crippen molar-refractivity contribution in [1.29, 1.82) is 0 Å². The predicted octanol–water partition coefficient (Wildman–Crippen LogP) is 5.14. The van der Waals surface area contributed by atoms with Crippen LogP contribution in [0.1, 0.15) is 31.2 Å². The summed E-state index contributed by atoms with van der Waals surface area (Å²) < 4.78 is 44.0. The average molecular weight is 644 g/mol. The van der Waals surface area contributed by atoms with Crippen LogP contribution in [-0.2, 0) is 10.0 Å². The van der Waals surface area contributed by atoms with Crippen LogP contribution in [0.3, 0.4) is 0 Å². The van der Waals surface area contributed by atoms with Gasteiger partial charge in [0.15, 0.2) is 17.3 Å². The second-order valence-electron chi connectivity index (χ2n) is 11.3. The van der Waals surface area contributed by atoms with Gasteiger partial charge in [-0.2, -0.15) is 4.98 Å². The van der Waals surface area contributed by atoms with Gasteiger partial charge in [-0.25, -0.2) is 13.4 Å². The Labute approximate surface area is 263 Å². The number of piperidine rings is 1. The first-order chi connectivity index (χ1) is 21.2. The molecule has 14 heteroatoms. The van der Waals surface area contributed by atoms with Gasteiger partial charge in [-0.15, -0.1) is 0 Å². The van der Waals surface area contributed by atoms with Crippen LogP contribution < -0.4 is 34.5 Å². The standard InChI is InChI=1S/C30H38ClN7O5S/c1-19-16-23(26(41-2)17-24(19)38-12-8-20(9-13-38)37-10-4-5-11-37)34-30-32-18-21(31)29(35-30)33-22-6-7-25-28(43-15-14-42-25)27(22)36-44(3,39)40/h6-7,16-18,20,36H,4-5,8-15H2,1-3H3,(H2,32,33,34,35). The van der Waals surface area contributed by atoms with Gasteiger partial charge >= 0.3 is 0 Å². The van der Waals surface area contributed by atoms with Crippen LogP contribution in [0, 0.1) is 6.92 Å². The zero-order valence-electron chi connectivity index (χ0n) is 25.2. The zero-order valence-corrected chi connectivity index (χ0v) is 26.7. The van der Waals surface area contributed by atoms with Crippen molar-refractivity contribution in [2.75, 3.05) is 73.0 Å². The smallest absolute Gasteiger partial charge is 0.230 e. The molecular weight excluding hydrogens is 606 g/mol. The minimum Gasteiger partial charge on any atom is -0.494 e. The summed E-state index contributed by atoms with van der Waals surface area (Å²) in [6.07, 6.45) is 7.51. The van der Waals surface area contributed by atoms with Gasteiger partial charge in [0.1, 0.15) is 29.7 Å². The molecule has 3 N–H and O–H groups in total. The topological polar surface area (TPSA) is 130 Å². The van der Waals surface area contributed by atoms with E-state index in [9.17, 15) is 8.42 Å². The summed E-state index contributed by atoms with van der Waals surface area (Å²) in [5.41, 5.74) is 3.58. The first-order valence-electron chi connectivity index (χ1n) is 14.8. The molecule has 0 radical (unpaired) electrons. The molecule has 0 saturated carbocycles. The Morgan fingerprint density at radius 2 is 1.77 bits per heavy atom. The molecule has 3 aromatic rings. The van der Waals surface area contributed by atoms with E-state index in [1.807, 2.05) is 6.07 Å². The number of rotatable bonds is 9. The first-order valence-corrected chi connectivity index (χ1v) is 17.1. The number of aryl methyl sites for hydroxylation is 1. The second kappa shape index (κ2) is 12.7. The number of anilines is 6. The highest BCUT2D eigenvalue weighted by Crippen LogP contribution is 2.44. The number of ether oxygens (including phenoxy) is 3.